The number of amides is 1. The minimum Gasteiger partial charge on any atom is -0.325 e. The summed E-state index contributed by atoms with van der Waals surface area (Å²) in [5.41, 5.74) is 4.22. The Morgan fingerprint density at radius 1 is 0.935 bits per heavy atom. The minimum atomic E-state index is -0.225. The molecule has 6 heteroatoms. The molecule has 0 atom stereocenters. The number of hydrogen-bond acceptors (Lipinski definition) is 3. The van der Waals surface area contributed by atoms with Gasteiger partial charge in [0.1, 0.15) is 0 Å². The van der Waals surface area contributed by atoms with Crippen LogP contribution in [0.25, 0.3) is 16.9 Å². The van der Waals surface area contributed by atoms with Crippen LogP contribution in [0, 0.1) is 0 Å². The highest BCUT2D eigenvalue weighted by Gasteiger charge is 2.17. The molecule has 3 aromatic carbocycles. The van der Waals surface area contributed by atoms with Crippen molar-refractivity contribution in [1.82, 2.24) is 9.78 Å². The van der Waals surface area contributed by atoms with Gasteiger partial charge in [-0.15, -0.1) is 0 Å². The zero-order valence-corrected chi connectivity index (χ0v) is 17.6. The molecule has 0 aliphatic heterocycles. The molecular formula is C25H20ClN3O2. The van der Waals surface area contributed by atoms with Crippen LogP contribution >= 0.6 is 11.6 Å². The van der Waals surface area contributed by atoms with E-state index in [1.54, 1.807) is 41.1 Å². The number of para-hydroxylation sites is 2. The Balaban J connectivity index is 1.67. The third-order valence-electron chi connectivity index (χ3n) is 4.86. The Labute approximate surface area is 185 Å². The molecule has 0 bridgehead atoms. The van der Waals surface area contributed by atoms with Crippen molar-refractivity contribution in [2.45, 2.75) is 13.3 Å². The molecular weight excluding hydrogens is 410 g/mol. The van der Waals surface area contributed by atoms with E-state index in [1.807, 2.05) is 48.7 Å². The number of nitrogens with zero attached hydrogens (tertiary/aromatic N) is 2. The molecule has 1 heterocycles. The normalized spacial score (nSPS) is 10.6. The van der Waals surface area contributed by atoms with E-state index < -0.39 is 0 Å². The van der Waals surface area contributed by atoms with Gasteiger partial charge in [0, 0.05) is 27.9 Å². The predicted molar refractivity (Wildman–Crippen MR) is 123 cm³/mol. The van der Waals surface area contributed by atoms with Gasteiger partial charge in [-0.25, -0.2) is 4.68 Å². The van der Waals surface area contributed by atoms with E-state index in [9.17, 15) is 9.59 Å². The molecule has 0 aliphatic rings. The molecule has 0 fully saturated rings. The lowest BCUT2D eigenvalue weighted by molar-refractivity contribution is -0.115. The first kappa shape index (κ1) is 20.6. The number of hydrogen-bond donors (Lipinski definition) is 1. The lowest BCUT2D eigenvalue weighted by atomic mass is 10.1. The number of carbonyl (C=O) groups excluding carboxylic acids is 2. The molecule has 1 amide bonds. The molecule has 0 radical (unpaired) electrons. The molecule has 0 saturated carbocycles. The van der Waals surface area contributed by atoms with E-state index in [0.29, 0.717) is 22.0 Å². The summed E-state index contributed by atoms with van der Waals surface area (Å²) >= 11 is 6.04. The maximum Gasteiger partial charge on any atom is 0.228 e. The van der Waals surface area contributed by atoms with Crippen molar-refractivity contribution in [3.63, 3.8) is 0 Å². The van der Waals surface area contributed by atoms with Gasteiger partial charge in [0.05, 0.1) is 23.5 Å². The van der Waals surface area contributed by atoms with Crippen LogP contribution in [0.4, 0.5) is 5.69 Å². The van der Waals surface area contributed by atoms with Crippen molar-refractivity contribution in [2.75, 3.05) is 5.32 Å². The second-order valence-electron chi connectivity index (χ2n) is 7.12. The van der Waals surface area contributed by atoms with Crippen LogP contribution in [-0.4, -0.2) is 21.5 Å². The number of ketones is 1. The van der Waals surface area contributed by atoms with Crippen molar-refractivity contribution in [3.05, 3.63) is 101 Å². The smallest absolute Gasteiger partial charge is 0.228 e. The summed E-state index contributed by atoms with van der Waals surface area (Å²) in [6, 6.07) is 24.0. The van der Waals surface area contributed by atoms with Crippen molar-refractivity contribution in [3.8, 4) is 16.9 Å². The highest BCUT2D eigenvalue weighted by molar-refractivity contribution is 6.30. The predicted octanol–water partition coefficient (Wildman–Crippen LogP) is 5.58. The Bertz CT molecular complexity index is 1230. The molecule has 4 rings (SSSR count). The second kappa shape index (κ2) is 8.98. The molecule has 0 aliphatic carbocycles. The first-order chi connectivity index (χ1) is 15.0. The zero-order valence-electron chi connectivity index (χ0n) is 16.9. The summed E-state index contributed by atoms with van der Waals surface area (Å²) in [5.74, 6) is -0.328. The Kier molecular flexibility index (Phi) is 5.96. The van der Waals surface area contributed by atoms with Crippen LogP contribution in [0.15, 0.2) is 85.1 Å². The summed E-state index contributed by atoms with van der Waals surface area (Å²) < 4.78 is 1.76. The van der Waals surface area contributed by atoms with Crippen LogP contribution in [0.2, 0.25) is 5.02 Å². The van der Waals surface area contributed by atoms with E-state index in [1.165, 1.54) is 6.92 Å². The van der Waals surface area contributed by atoms with Crippen molar-refractivity contribution < 1.29 is 9.59 Å². The van der Waals surface area contributed by atoms with Crippen LogP contribution in [0.5, 0.6) is 0 Å². The molecule has 154 valence electrons. The number of carbonyl (C=O) groups is 2. The first-order valence-corrected chi connectivity index (χ1v) is 10.2. The van der Waals surface area contributed by atoms with Gasteiger partial charge < -0.3 is 5.32 Å². The molecule has 5 nitrogen and oxygen atoms in total. The standard InChI is InChI=1S/C25H20ClN3O2/c1-17(30)22-9-5-6-10-23(22)27-24(31)15-19-16-29(21-7-3-2-4-8-21)28-25(19)18-11-13-20(26)14-12-18/h2-14,16H,15H2,1H3,(H,27,31). The number of Topliss-reactive ketones (excluding diaryl/α,β-unsaturated/α-hetero) is 1. The summed E-state index contributed by atoms with van der Waals surface area (Å²) in [5, 5.41) is 8.22. The quantitative estimate of drug-likeness (QED) is 0.407. The average molecular weight is 430 g/mol. The second-order valence-corrected chi connectivity index (χ2v) is 7.55. The van der Waals surface area contributed by atoms with Crippen LogP contribution in [0.1, 0.15) is 22.8 Å². The van der Waals surface area contributed by atoms with Crippen LogP contribution in [-0.2, 0) is 11.2 Å². The largest absolute Gasteiger partial charge is 0.325 e. The summed E-state index contributed by atoms with van der Waals surface area (Å²) in [6.07, 6.45) is 1.97. The average Bonchev–Trinajstić information content (AvgIpc) is 3.18. The van der Waals surface area contributed by atoms with Crippen LogP contribution in [0.3, 0.4) is 0 Å². The molecule has 0 spiro atoms. The Morgan fingerprint density at radius 3 is 2.32 bits per heavy atom. The SMILES string of the molecule is CC(=O)c1ccccc1NC(=O)Cc1cn(-c2ccccc2)nc1-c1ccc(Cl)cc1. The lowest BCUT2D eigenvalue weighted by Crippen LogP contribution is -2.16. The maximum atomic E-state index is 12.9. The monoisotopic (exact) mass is 429 g/mol. The minimum absolute atomic E-state index is 0.102. The van der Waals surface area contributed by atoms with Crippen molar-refractivity contribution >= 4 is 29.0 Å². The van der Waals surface area contributed by atoms with Gasteiger partial charge >= 0.3 is 0 Å². The van der Waals surface area contributed by atoms with Crippen LogP contribution < -0.4 is 5.32 Å². The summed E-state index contributed by atoms with van der Waals surface area (Å²) in [7, 11) is 0. The Morgan fingerprint density at radius 2 is 1.61 bits per heavy atom. The number of nitrogens with one attached hydrogen (secondary N) is 1. The van der Waals surface area contributed by atoms with E-state index in [4.69, 9.17) is 16.7 Å². The van der Waals surface area contributed by atoms with E-state index >= 15 is 0 Å². The summed E-state index contributed by atoms with van der Waals surface area (Å²) in [6.45, 7) is 1.48. The molecule has 0 saturated heterocycles. The van der Waals surface area contributed by atoms with Gasteiger partial charge in [0.25, 0.3) is 0 Å². The highest BCUT2D eigenvalue weighted by atomic mass is 35.5. The number of benzene rings is 3. The van der Waals surface area contributed by atoms with Crippen molar-refractivity contribution in [1.29, 1.82) is 0 Å². The fourth-order valence-corrected chi connectivity index (χ4v) is 3.50. The molecule has 4 aromatic rings. The molecule has 0 unspecified atom stereocenters. The zero-order chi connectivity index (χ0) is 21.8. The first-order valence-electron chi connectivity index (χ1n) is 9.81. The van der Waals surface area contributed by atoms with Gasteiger partial charge in [-0.05, 0) is 43.3 Å². The highest BCUT2D eigenvalue weighted by Crippen LogP contribution is 2.26. The number of rotatable bonds is 6. The van der Waals surface area contributed by atoms with E-state index in [0.717, 1.165) is 16.8 Å². The summed E-state index contributed by atoms with van der Waals surface area (Å²) in [4.78, 5) is 24.7. The molecule has 1 N–H and O–H groups in total. The fraction of sp³-hybridized carbons (Fsp3) is 0.0800. The number of anilines is 1. The molecule has 1 aromatic heterocycles. The van der Waals surface area contributed by atoms with Gasteiger partial charge in [0.15, 0.2) is 5.78 Å². The van der Waals surface area contributed by atoms with Gasteiger partial charge in [0.2, 0.25) is 5.91 Å². The fourth-order valence-electron chi connectivity index (χ4n) is 3.37. The number of aromatic nitrogens is 2. The van der Waals surface area contributed by atoms with Crippen molar-refractivity contribution in [2.24, 2.45) is 0 Å². The third kappa shape index (κ3) is 4.73. The van der Waals surface area contributed by atoms with Gasteiger partial charge in [-0.2, -0.15) is 5.10 Å². The van der Waals surface area contributed by atoms with Gasteiger partial charge in [-0.1, -0.05) is 54.1 Å². The maximum absolute atomic E-state index is 12.9. The molecule has 31 heavy (non-hydrogen) atoms. The third-order valence-corrected chi connectivity index (χ3v) is 5.11. The lowest BCUT2D eigenvalue weighted by Gasteiger charge is -2.09. The number of halogens is 1. The van der Waals surface area contributed by atoms with E-state index in [2.05, 4.69) is 5.32 Å². The van der Waals surface area contributed by atoms with Gasteiger partial charge in [-0.3, -0.25) is 9.59 Å². The Hall–Kier alpha value is -3.70. The van der Waals surface area contributed by atoms with E-state index in [-0.39, 0.29) is 18.1 Å². The topological polar surface area (TPSA) is 64.0 Å².